The molecule has 1 amide bonds. The molecule has 1 aliphatic carbocycles. The summed E-state index contributed by atoms with van der Waals surface area (Å²) in [4.78, 5) is 12.0. The van der Waals surface area contributed by atoms with E-state index in [1.807, 2.05) is 20.8 Å². The number of amides is 1. The molecule has 0 heterocycles. The minimum absolute atomic E-state index is 0.0310. The Kier molecular flexibility index (Phi) is 3.59. The molecular weight excluding hydrogens is 204 g/mol. The van der Waals surface area contributed by atoms with E-state index in [0.717, 1.165) is 0 Å². The van der Waals surface area contributed by atoms with E-state index < -0.39 is 11.0 Å². The van der Waals surface area contributed by atoms with Crippen molar-refractivity contribution < 1.29 is 9.90 Å². The summed E-state index contributed by atoms with van der Waals surface area (Å²) in [6.45, 7) is 5.79. The molecule has 0 radical (unpaired) electrons. The third-order valence-electron chi connectivity index (χ3n) is 3.23. The third-order valence-corrected chi connectivity index (χ3v) is 3.23. The van der Waals surface area contributed by atoms with Gasteiger partial charge in [-0.3, -0.25) is 4.79 Å². The Morgan fingerprint density at radius 1 is 1.62 bits per heavy atom. The largest absolute Gasteiger partial charge is 0.396 e. The van der Waals surface area contributed by atoms with Crippen LogP contribution in [-0.2, 0) is 4.79 Å². The fourth-order valence-corrected chi connectivity index (χ4v) is 2.23. The van der Waals surface area contributed by atoms with Crippen LogP contribution < -0.4 is 5.32 Å². The molecule has 0 spiro atoms. The van der Waals surface area contributed by atoms with Crippen LogP contribution in [0.1, 0.15) is 40.0 Å². The van der Waals surface area contributed by atoms with Crippen LogP contribution in [0, 0.1) is 22.7 Å². The van der Waals surface area contributed by atoms with Gasteiger partial charge in [-0.25, -0.2) is 0 Å². The first kappa shape index (κ1) is 13.0. The van der Waals surface area contributed by atoms with Crippen molar-refractivity contribution in [3.8, 4) is 6.07 Å². The zero-order valence-electron chi connectivity index (χ0n) is 10.2. The van der Waals surface area contributed by atoms with Crippen molar-refractivity contribution in [2.75, 3.05) is 6.61 Å². The number of rotatable bonds is 4. The van der Waals surface area contributed by atoms with Gasteiger partial charge in [-0.05, 0) is 39.0 Å². The lowest BCUT2D eigenvalue weighted by atomic mass is 9.63. The average Bonchev–Trinajstić information content (AvgIpc) is 2.11. The highest BCUT2D eigenvalue weighted by Crippen LogP contribution is 2.45. The van der Waals surface area contributed by atoms with E-state index in [0.29, 0.717) is 25.2 Å². The van der Waals surface area contributed by atoms with Gasteiger partial charge in [0.1, 0.15) is 5.41 Å². The van der Waals surface area contributed by atoms with Crippen LogP contribution in [-0.4, -0.2) is 23.2 Å². The molecule has 1 rings (SSSR count). The van der Waals surface area contributed by atoms with Crippen LogP contribution in [0.15, 0.2) is 0 Å². The number of aliphatic hydroxyl groups is 1. The zero-order chi connectivity index (χ0) is 12.4. The molecule has 0 aromatic heterocycles. The topological polar surface area (TPSA) is 73.1 Å². The van der Waals surface area contributed by atoms with Gasteiger partial charge in [0.2, 0.25) is 5.91 Å². The van der Waals surface area contributed by atoms with E-state index in [9.17, 15) is 4.79 Å². The molecule has 0 aromatic rings. The van der Waals surface area contributed by atoms with Crippen LogP contribution >= 0.6 is 0 Å². The maximum atomic E-state index is 12.0. The SMILES string of the molecule is CC1CC(C#N)(C(=O)NC(C)(C)CCO)C1. The number of nitriles is 1. The summed E-state index contributed by atoms with van der Waals surface area (Å²) < 4.78 is 0. The van der Waals surface area contributed by atoms with E-state index >= 15 is 0 Å². The highest BCUT2D eigenvalue weighted by Gasteiger charge is 2.49. The lowest BCUT2D eigenvalue weighted by molar-refractivity contribution is -0.135. The Bertz CT molecular complexity index is 311. The summed E-state index contributed by atoms with van der Waals surface area (Å²) in [5, 5.41) is 20.8. The Morgan fingerprint density at radius 2 is 2.19 bits per heavy atom. The van der Waals surface area contributed by atoms with E-state index in [2.05, 4.69) is 11.4 Å². The van der Waals surface area contributed by atoms with Crippen molar-refractivity contribution in [1.82, 2.24) is 5.32 Å². The van der Waals surface area contributed by atoms with E-state index in [1.54, 1.807) is 0 Å². The van der Waals surface area contributed by atoms with Gasteiger partial charge >= 0.3 is 0 Å². The van der Waals surface area contributed by atoms with Gasteiger partial charge in [-0.1, -0.05) is 6.92 Å². The predicted molar refractivity (Wildman–Crippen MR) is 60.4 cm³/mol. The highest BCUT2D eigenvalue weighted by molar-refractivity contribution is 5.87. The van der Waals surface area contributed by atoms with E-state index in [-0.39, 0.29) is 12.5 Å². The zero-order valence-corrected chi connectivity index (χ0v) is 10.2. The molecule has 0 aromatic carbocycles. The Hall–Kier alpha value is -1.08. The Labute approximate surface area is 96.6 Å². The summed E-state index contributed by atoms with van der Waals surface area (Å²) in [5.41, 5.74) is -1.28. The van der Waals surface area contributed by atoms with Crippen LogP contribution in [0.25, 0.3) is 0 Å². The van der Waals surface area contributed by atoms with Crippen LogP contribution in [0.2, 0.25) is 0 Å². The molecule has 0 unspecified atom stereocenters. The van der Waals surface area contributed by atoms with Gasteiger partial charge in [-0.15, -0.1) is 0 Å². The fourth-order valence-electron chi connectivity index (χ4n) is 2.23. The van der Waals surface area contributed by atoms with E-state index in [1.165, 1.54) is 0 Å². The summed E-state index contributed by atoms with van der Waals surface area (Å²) >= 11 is 0. The monoisotopic (exact) mass is 224 g/mol. The minimum atomic E-state index is -0.827. The molecule has 1 saturated carbocycles. The quantitative estimate of drug-likeness (QED) is 0.753. The third kappa shape index (κ3) is 2.53. The predicted octanol–water partition coefficient (Wildman–Crippen LogP) is 1.20. The van der Waals surface area contributed by atoms with Gasteiger partial charge in [0, 0.05) is 12.1 Å². The van der Waals surface area contributed by atoms with Crippen molar-refractivity contribution in [1.29, 1.82) is 5.26 Å². The molecule has 0 aliphatic heterocycles. The smallest absolute Gasteiger partial charge is 0.240 e. The second-order valence-electron chi connectivity index (χ2n) is 5.52. The van der Waals surface area contributed by atoms with Gasteiger partial charge in [-0.2, -0.15) is 5.26 Å². The molecule has 90 valence electrons. The normalized spacial score (nSPS) is 29.1. The second-order valence-corrected chi connectivity index (χ2v) is 5.52. The van der Waals surface area contributed by atoms with Crippen LogP contribution in [0.5, 0.6) is 0 Å². The van der Waals surface area contributed by atoms with Gasteiger partial charge < -0.3 is 10.4 Å². The van der Waals surface area contributed by atoms with Crippen LogP contribution in [0.3, 0.4) is 0 Å². The standard InChI is InChI=1S/C12H20N2O2/c1-9-6-12(7-9,8-13)10(16)14-11(2,3)4-5-15/h9,15H,4-7H2,1-3H3,(H,14,16). The Balaban J connectivity index is 2.62. The number of nitrogens with one attached hydrogen (secondary N) is 1. The maximum absolute atomic E-state index is 12.0. The first-order chi connectivity index (χ1) is 7.35. The summed E-state index contributed by atoms with van der Waals surface area (Å²) in [5.74, 6) is 0.262. The summed E-state index contributed by atoms with van der Waals surface area (Å²) in [6, 6.07) is 2.14. The van der Waals surface area contributed by atoms with Gasteiger partial charge in [0.25, 0.3) is 0 Å². The molecule has 4 nitrogen and oxygen atoms in total. The van der Waals surface area contributed by atoms with Crippen molar-refractivity contribution in [2.24, 2.45) is 11.3 Å². The van der Waals surface area contributed by atoms with Gasteiger partial charge in [0.05, 0.1) is 6.07 Å². The molecule has 1 fully saturated rings. The Morgan fingerprint density at radius 3 is 2.56 bits per heavy atom. The molecule has 0 bridgehead atoms. The molecule has 0 atom stereocenters. The average molecular weight is 224 g/mol. The first-order valence-corrected chi connectivity index (χ1v) is 5.70. The van der Waals surface area contributed by atoms with Gasteiger partial charge in [0.15, 0.2) is 0 Å². The number of hydrogen-bond acceptors (Lipinski definition) is 3. The molecule has 16 heavy (non-hydrogen) atoms. The van der Waals surface area contributed by atoms with Crippen LogP contribution in [0.4, 0.5) is 0 Å². The van der Waals surface area contributed by atoms with Crippen molar-refractivity contribution >= 4 is 5.91 Å². The minimum Gasteiger partial charge on any atom is -0.396 e. The van der Waals surface area contributed by atoms with Crippen molar-refractivity contribution in [3.63, 3.8) is 0 Å². The summed E-state index contributed by atoms with van der Waals surface area (Å²) in [7, 11) is 0. The number of carbonyl (C=O) groups excluding carboxylic acids is 1. The second kappa shape index (κ2) is 4.42. The lowest BCUT2D eigenvalue weighted by Gasteiger charge is -2.41. The van der Waals surface area contributed by atoms with Crippen molar-refractivity contribution in [2.45, 2.75) is 45.6 Å². The first-order valence-electron chi connectivity index (χ1n) is 5.70. The molecular formula is C12H20N2O2. The number of aliphatic hydroxyl groups excluding tert-OH is 1. The number of hydrogen-bond donors (Lipinski definition) is 2. The fraction of sp³-hybridized carbons (Fsp3) is 0.833. The maximum Gasteiger partial charge on any atom is 0.240 e. The molecule has 4 heteroatoms. The lowest BCUT2D eigenvalue weighted by Crippen LogP contribution is -2.54. The molecule has 2 N–H and O–H groups in total. The highest BCUT2D eigenvalue weighted by atomic mass is 16.3. The van der Waals surface area contributed by atoms with E-state index in [4.69, 9.17) is 10.4 Å². The van der Waals surface area contributed by atoms with Crippen molar-refractivity contribution in [3.05, 3.63) is 0 Å². The molecule has 0 saturated heterocycles. The molecule has 1 aliphatic rings. The number of carbonyl (C=O) groups is 1. The summed E-state index contributed by atoms with van der Waals surface area (Å²) in [6.07, 6.45) is 1.78. The number of nitrogens with zero attached hydrogens (tertiary/aromatic N) is 1.